The highest BCUT2D eigenvalue weighted by molar-refractivity contribution is 7.91. The first-order valence-electron chi connectivity index (χ1n) is 16.6. The fourth-order valence-electron chi connectivity index (χ4n) is 5.75. The lowest BCUT2D eigenvalue weighted by molar-refractivity contribution is 0.131. The average Bonchev–Trinajstić information content (AvgIpc) is 3.12. The Labute approximate surface area is 301 Å². The topological polar surface area (TPSA) is 86.7 Å². The van der Waals surface area contributed by atoms with Crippen molar-refractivity contribution in [3.8, 4) is 28.4 Å². The zero-order valence-electron chi connectivity index (χ0n) is 29.2. The zero-order chi connectivity index (χ0) is 36.4. The van der Waals surface area contributed by atoms with Crippen molar-refractivity contribution in [3.05, 3.63) is 163 Å². The molecule has 0 saturated heterocycles. The Morgan fingerprint density at radius 3 is 1.12 bits per heavy atom. The van der Waals surface area contributed by atoms with E-state index in [-0.39, 0.29) is 30.6 Å². The molecule has 6 aromatic rings. The van der Waals surface area contributed by atoms with Gasteiger partial charge in [0.1, 0.15) is 22.8 Å². The maximum atomic E-state index is 13.5. The Bertz CT molecular complexity index is 2320. The predicted octanol–water partition coefficient (Wildman–Crippen LogP) is 10.3. The van der Waals surface area contributed by atoms with Crippen LogP contribution >= 0.6 is 0 Å². The second-order valence-electron chi connectivity index (χ2n) is 13.8. The monoisotopic (exact) mass is 716 g/mol. The van der Waals surface area contributed by atoms with Crippen LogP contribution in [-0.4, -0.2) is 22.4 Å². The number of hydrogen-bond donors (Lipinski definition) is 0. The molecule has 0 bridgehead atoms. The third-order valence-corrected chi connectivity index (χ3v) is 12.2. The van der Waals surface area contributed by atoms with Gasteiger partial charge in [0.15, 0.2) is 0 Å². The number of ether oxygens (including phenoxy) is 2. The van der Waals surface area contributed by atoms with E-state index in [9.17, 15) is 16.8 Å². The fourth-order valence-corrected chi connectivity index (χ4v) is 8.29. The first-order chi connectivity index (χ1) is 24.1. The lowest BCUT2D eigenvalue weighted by atomic mass is 9.78. The first-order valence-corrected chi connectivity index (χ1v) is 19.5. The van der Waals surface area contributed by atoms with Crippen molar-refractivity contribution in [1.82, 2.24) is 0 Å². The third-order valence-electron chi connectivity index (χ3n) is 8.66. The fraction of sp³-hybridized carbons (Fsp3) is 0.163. The molecule has 6 rings (SSSR count). The van der Waals surface area contributed by atoms with E-state index < -0.39 is 19.7 Å². The number of rotatable bonds is 10. The minimum Gasteiger partial charge on any atom is -0.488 e. The van der Waals surface area contributed by atoms with E-state index >= 15 is 0 Å². The summed E-state index contributed by atoms with van der Waals surface area (Å²) in [4.78, 5) is 0.715. The molecular formula is C43H40O6S2. The van der Waals surface area contributed by atoms with E-state index in [2.05, 4.69) is 26.0 Å². The molecular weight excluding hydrogens is 677 g/mol. The van der Waals surface area contributed by atoms with Gasteiger partial charge in [0.25, 0.3) is 0 Å². The minimum absolute atomic E-state index is 0.147. The number of sulfone groups is 2. The van der Waals surface area contributed by atoms with E-state index in [4.69, 9.17) is 9.47 Å². The molecule has 0 spiro atoms. The van der Waals surface area contributed by atoms with E-state index in [1.54, 1.807) is 91.0 Å². The second-order valence-corrected chi connectivity index (χ2v) is 17.7. The summed E-state index contributed by atoms with van der Waals surface area (Å²) in [6.45, 7) is 10.4. The Morgan fingerprint density at radius 1 is 0.392 bits per heavy atom. The van der Waals surface area contributed by atoms with Crippen LogP contribution in [0.5, 0.6) is 17.2 Å². The van der Waals surface area contributed by atoms with Crippen molar-refractivity contribution in [1.29, 1.82) is 0 Å². The van der Waals surface area contributed by atoms with Crippen LogP contribution in [0.2, 0.25) is 0 Å². The van der Waals surface area contributed by atoms with Crippen LogP contribution in [0.15, 0.2) is 171 Å². The summed E-state index contributed by atoms with van der Waals surface area (Å²) in [5.41, 5.74) is 3.31. The molecule has 6 nitrogen and oxygen atoms in total. The van der Waals surface area contributed by atoms with Crippen LogP contribution in [0, 0.1) is 0 Å². The molecule has 0 saturated carbocycles. The summed E-state index contributed by atoms with van der Waals surface area (Å²) in [6, 6.07) is 43.8. The highest BCUT2D eigenvalue weighted by Gasteiger charge is 2.24. The second kappa shape index (κ2) is 13.9. The van der Waals surface area contributed by atoms with Crippen molar-refractivity contribution < 1.29 is 26.3 Å². The Kier molecular flexibility index (Phi) is 9.68. The molecule has 0 fully saturated rings. The average molecular weight is 717 g/mol. The summed E-state index contributed by atoms with van der Waals surface area (Å²) >= 11 is 0. The molecule has 6 aromatic carbocycles. The molecule has 0 aliphatic carbocycles. The lowest BCUT2D eigenvalue weighted by Gasteiger charge is -2.27. The largest absolute Gasteiger partial charge is 0.488 e. The van der Waals surface area contributed by atoms with Crippen LogP contribution in [0.1, 0.15) is 45.7 Å². The standard InChI is InChI=1S/C43H40O6S2/c1-42(2,3)49-37-21-17-34(18-22-37)43(4,5)33-15-19-35(20-16-33)48-36-23-29-41(30-24-36)51(46,47)40-27-13-32(14-28-40)31-11-25-39(26-12-31)50(44,45)38-9-7-6-8-10-38/h6-30H,1-5H3. The van der Waals surface area contributed by atoms with Crippen LogP contribution < -0.4 is 9.47 Å². The predicted molar refractivity (Wildman–Crippen MR) is 201 cm³/mol. The van der Waals surface area contributed by atoms with Crippen molar-refractivity contribution >= 4 is 19.7 Å². The van der Waals surface area contributed by atoms with Gasteiger partial charge in [0.05, 0.1) is 19.6 Å². The highest BCUT2D eigenvalue weighted by atomic mass is 32.2. The SMILES string of the molecule is CC(C)(C)Oc1ccc(C(C)(C)c2ccc(Oc3ccc(S(=O)(=O)c4ccc(-c5ccc(S(=O)(=O)c6ccccc6)cc5)cc4)cc3)cc2)cc1. The molecule has 260 valence electrons. The molecule has 51 heavy (non-hydrogen) atoms. The van der Waals surface area contributed by atoms with Gasteiger partial charge in [-0.3, -0.25) is 0 Å². The van der Waals surface area contributed by atoms with E-state index in [1.165, 1.54) is 12.1 Å². The van der Waals surface area contributed by atoms with E-state index in [0.29, 0.717) is 11.5 Å². The van der Waals surface area contributed by atoms with E-state index in [0.717, 1.165) is 28.0 Å². The minimum atomic E-state index is -3.79. The molecule has 8 heteroatoms. The summed E-state index contributed by atoms with van der Waals surface area (Å²) in [5.74, 6) is 1.99. The molecule has 0 radical (unpaired) electrons. The van der Waals surface area contributed by atoms with Crippen LogP contribution in [-0.2, 0) is 25.1 Å². The van der Waals surface area contributed by atoms with Crippen molar-refractivity contribution in [2.24, 2.45) is 0 Å². The molecule has 0 aromatic heterocycles. The maximum Gasteiger partial charge on any atom is 0.206 e. The van der Waals surface area contributed by atoms with E-state index in [1.807, 2.05) is 57.2 Å². The third kappa shape index (κ3) is 7.93. The molecule has 0 unspecified atom stereocenters. The highest BCUT2D eigenvalue weighted by Crippen LogP contribution is 2.35. The summed E-state index contributed by atoms with van der Waals surface area (Å²) in [6.07, 6.45) is 0. The lowest BCUT2D eigenvalue weighted by Crippen LogP contribution is -2.23. The maximum absolute atomic E-state index is 13.5. The molecule has 0 heterocycles. The van der Waals surface area contributed by atoms with Crippen LogP contribution in [0.4, 0.5) is 0 Å². The van der Waals surface area contributed by atoms with Crippen LogP contribution in [0.3, 0.4) is 0 Å². The van der Waals surface area contributed by atoms with Crippen molar-refractivity contribution in [2.75, 3.05) is 0 Å². The Morgan fingerprint density at radius 2 is 0.725 bits per heavy atom. The van der Waals surface area contributed by atoms with Crippen molar-refractivity contribution in [3.63, 3.8) is 0 Å². The van der Waals surface area contributed by atoms with Gasteiger partial charge >= 0.3 is 0 Å². The quantitative estimate of drug-likeness (QED) is 0.140. The molecule has 0 N–H and O–H groups in total. The van der Waals surface area contributed by atoms with Gasteiger partial charge in [0.2, 0.25) is 19.7 Å². The summed E-state index contributed by atoms with van der Waals surface area (Å²) in [5, 5.41) is 0. The zero-order valence-corrected chi connectivity index (χ0v) is 30.8. The van der Waals surface area contributed by atoms with Gasteiger partial charge in [-0.1, -0.05) is 80.6 Å². The molecule has 0 atom stereocenters. The van der Waals surface area contributed by atoms with Crippen LogP contribution in [0.25, 0.3) is 11.1 Å². The smallest absolute Gasteiger partial charge is 0.206 e. The molecule has 0 aliphatic rings. The summed E-state index contributed by atoms with van der Waals surface area (Å²) in [7, 11) is -7.42. The van der Waals surface area contributed by atoms with Gasteiger partial charge in [0, 0.05) is 5.41 Å². The Balaban J connectivity index is 1.10. The number of hydrogen-bond acceptors (Lipinski definition) is 6. The first kappa shape index (κ1) is 35.6. The summed E-state index contributed by atoms with van der Waals surface area (Å²) < 4.78 is 64.8. The van der Waals surface area contributed by atoms with Gasteiger partial charge in [-0.15, -0.1) is 0 Å². The number of benzene rings is 6. The normalized spacial score (nSPS) is 12.3. The Hall–Kier alpha value is -5.18. The van der Waals surface area contributed by atoms with Gasteiger partial charge in [-0.25, -0.2) is 16.8 Å². The molecule has 0 amide bonds. The van der Waals surface area contributed by atoms with Gasteiger partial charge in [-0.2, -0.15) is 0 Å². The van der Waals surface area contributed by atoms with Gasteiger partial charge in [-0.05, 0) is 128 Å². The van der Waals surface area contributed by atoms with Crippen molar-refractivity contribution in [2.45, 2.75) is 65.2 Å². The van der Waals surface area contributed by atoms with Gasteiger partial charge < -0.3 is 9.47 Å². The molecule has 0 aliphatic heterocycles.